The molecule has 0 bridgehead atoms. The van der Waals surface area contributed by atoms with E-state index in [-0.39, 0.29) is 23.4 Å². The fraction of sp³-hybridized carbons (Fsp3) is 0.348. The zero-order valence-electron chi connectivity index (χ0n) is 17.4. The van der Waals surface area contributed by atoms with Crippen molar-refractivity contribution in [3.8, 4) is 0 Å². The Labute approximate surface area is 189 Å². The molecule has 0 aromatic heterocycles. The smallest absolute Gasteiger partial charge is 0.272 e. The zero-order valence-corrected chi connectivity index (χ0v) is 18.2. The highest BCUT2D eigenvalue weighted by Gasteiger charge is 2.52. The van der Waals surface area contributed by atoms with Gasteiger partial charge in [0.05, 0.1) is 28.9 Å². The van der Waals surface area contributed by atoms with E-state index < -0.39 is 34.5 Å². The van der Waals surface area contributed by atoms with E-state index in [1.165, 1.54) is 42.5 Å². The Bertz CT molecular complexity index is 1090. The van der Waals surface area contributed by atoms with E-state index >= 15 is 0 Å². The molecule has 0 radical (unpaired) electrons. The number of hydrogen-bond acceptors (Lipinski definition) is 5. The Kier molecular flexibility index (Phi) is 5.97. The maximum absolute atomic E-state index is 13.5. The molecule has 0 N–H and O–H groups in total. The van der Waals surface area contributed by atoms with Gasteiger partial charge in [-0.25, -0.2) is 5.01 Å². The first-order valence-electron chi connectivity index (χ1n) is 10.5. The lowest BCUT2D eigenvalue weighted by Gasteiger charge is -2.30. The summed E-state index contributed by atoms with van der Waals surface area (Å²) in [7, 11) is 0. The number of hydrazine groups is 1. The summed E-state index contributed by atoms with van der Waals surface area (Å²) in [5.74, 6) is -2.08. The van der Waals surface area contributed by atoms with Gasteiger partial charge in [-0.05, 0) is 49.4 Å². The van der Waals surface area contributed by atoms with Crippen molar-refractivity contribution in [2.45, 2.75) is 32.7 Å². The average molecular weight is 456 g/mol. The van der Waals surface area contributed by atoms with Gasteiger partial charge in [-0.15, -0.1) is 0 Å². The van der Waals surface area contributed by atoms with E-state index in [9.17, 15) is 24.5 Å². The minimum Gasteiger partial charge on any atom is -0.272 e. The highest BCUT2D eigenvalue weighted by atomic mass is 35.5. The second-order valence-electron chi connectivity index (χ2n) is 8.38. The van der Waals surface area contributed by atoms with Crippen LogP contribution in [0, 0.1) is 27.9 Å². The Morgan fingerprint density at radius 1 is 1.09 bits per heavy atom. The molecule has 1 aliphatic heterocycles. The van der Waals surface area contributed by atoms with E-state index in [2.05, 4.69) is 0 Å². The molecule has 9 heteroatoms. The van der Waals surface area contributed by atoms with Crippen molar-refractivity contribution in [3.63, 3.8) is 0 Å². The quantitative estimate of drug-likeness (QED) is 0.381. The molecule has 1 aliphatic carbocycles. The van der Waals surface area contributed by atoms with Gasteiger partial charge >= 0.3 is 0 Å². The van der Waals surface area contributed by atoms with Crippen LogP contribution < -0.4 is 0 Å². The molecule has 2 aromatic carbocycles. The van der Waals surface area contributed by atoms with Gasteiger partial charge in [-0.3, -0.25) is 24.5 Å². The van der Waals surface area contributed by atoms with Crippen molar-refractivity contribution < 1.29 is 19.3 Å². The van der Waals surface area contributed by atoms with Crippen molar-refractivity contribution in [1.29, 1.82) is 0 Å². The van der Waals surface area contributed by atoms with Crippen molar-refractivity contribution >= 4 is 35.0 Å². The van der Waals surface area contributed by atoms with Crippen molar-refractivity contribution in [1.82, 2.24) is 10.0 Å². The number of nitro benzene ring substituents is 1. The van der Waals surface area contributed by atoms with Crippen LogP contribution in [0.3, 0.4) is 0 Å². The number of benzene rings is 2. The molecule has 2 aromatic rings. The van der Waals surface area contributed by atoms with Gasteiger partial charge in [0.15, 0.2) is 0 Å². The molecule has 2 aliphatic rings. The highest BCUT2D eigenvalue weighted by molar-refractivity contribution is 6.30. The highest BCUT2D eigenvalue weighted by Crippen LogP contribution is 2.41. The third-order valence-electron chi connectivity index (χ3n) is 6.24. The molecular weight excluding hydrogens is 434 g/mol. The Morgan fingerprint density at radius 2 is 1.75 bits per heavy atom. The summed E-state index contributed by atoms with van der Waals surface area (Å²) < 4.78 is 0. The number of nitrogens with zero attached hydrogens (tertiary/aromatic N) is 3. The van der Waals surface area contributed by atoms with Gasteiger partial charge in [0.2, 0.25) is 0 Å². The minimum absolute atomic E-state index is 0.188. The van der Waals surface area contributed by atoms with Crippen LogP contribution >= 0.6 is 11.6 Å². The standard InChI is InChI=1S/C23H22ClN3O5/c1-14-6-11-18-19(12-14)23(30)26(22(18)29)25(21(28)15-7-9-17(24)10-8-15)13-16-4-2-3-5-20(16)27(31)32/h2-5,7-10,14,18-19H,6,11-13H2,1H3/t14-,18+,19-/m1/s1. The normalized spacial score (nSPS) is 22.6. The number of imide groups is 1. The maximum atomic E-state index is 13.5. The third kappa shape index (κ3) is 3.98. The van der Waals surface area contributed by atoms with E-state index in [0.717, 1.165) is 16.4 Å². The molecule has 32 heavy (non-hydrogen) atoms. The van der Waals surface area contributed by atoms with Crippen molar-refractivity contribution in [2.24, 2.45) is 17.8 Å². The van der Waals surface area contributed by atoms with Gasteiger partial charge in [0, 0.05) is 16.7 Å². The zero-order chi connectivity index (χ0) is 23.0. The lowest BCUT2D eigenvalue weighted by Crippen LogP contribution is -2.49. The molecule has 3 atom stereocenters. The Hall–Kier alpha value is -3.26. The predicted octanol–water partition coefficient (Wildman–Crippen LogP) is 4.23. The van der Waals surface area contributed by atoms with Crippen LogP contribution in [0.2, 0.25) is 5.02 Å². The minimum atomic E-state index is -0.604. The number of fused-ring (bicyclic) bond motifs is 1. The van der Waals surface area contributed by atoms with Crippen LogP contribution in [-0.4, -0.2) is 32.7 Å². The molecule has 3 amide bonds. The van der Waals surface area contributed by atoms with Crippen LogP contribution in [0.15, 0.2) is 48.5 Å². The van der Waals surface area contributed by atoms with E-state index in [1.807, 2.05) is 6.92 Å². The molecule has 0 unspecified atom stereocenters. The summed E-state index contributed by atoms with van der Waals surface area (Å²) in [6.45, 7) is 1.76. The second-order valence-corrected chi connectivity index (χ2v) is 8.81. The van der Waals surface area contributed by atoms with Crippen molar-refractivity contribution in [3.05, 3.63) is 74.8 Å². The number of rotatable bonds is 5. The third-order valence-corrected chi connectivity index (χ3v) is 6.49. The lowest BCUT2D eigenvalue weighted by molar-refractivity contribution is -0.385. The van der Waals surface area contributed by atoms with Gasteiger partial charge in [-0.2, -0.15) is 5.01 Å². The number of nitro groups is 1. The van der Waals surface area contributed by atoms with Gasteiger partial charge in [-0.1, -0.05) is 36.7 Å². The first kappa shape index (κ1) is 22.0. The largest absolute Gasteiger partial charge is 0.274 e. The van der Waals surface area contributed by atoms with E-state index in [1.54, 1.807) is 6.07 Å². The first-order chi connectivity index (χ1) is 15.3. The van der Waals surface area contributed by atoms with Crippen LogP contribution in [0.5, 0.6) is 0 Å². The molecular formula is C23H22ClN3O5. The summed E-state index contributed by atoms with van der Waals surface area (Å²) in [6.07, 6.45) is 2.00. The van der Waals surface area contributed by atoms with Gasteiger partial charge < -0.3 is 0 Å². The second kappa shape index (κ2) is 8.70. The fourth-order valence-electron chi connectivity index (χ4n) is 4.57. The number of amides is 3. The summed E-state index contributed by atoms with van der Waals surface area (Å²) in [5.41, 5.74) is 0.256. The summed E-state index contributed by atoms with van der Waals surface area (Å²) in [6, 6.07) is 12.0. The Balaban J connectivity index is 1.75. The number of para-hydroxylation sites is 1. The van der Waals surface area contributed by atoms with Crippen LogP contribution in [0.25, 0.3) is 0 Å². The molecule has 0 spiro atoms. The monoisotopic (exact) mass is 455 g/mol. The number of carbonyl (C=O) groups excluding carboxylic acids is 3. The summed E-state index contributed by atoms with van der Waals surface area (Å²) in [5, 5.41) is 13.9. The molecule has 8 nitrogen and oxygen atoms in total. The predicted molar refractivity (Wildman–Crippen MR) is 116 cm³/mol. The summed E-state index contributed by atoms with van der Waals surface area (Å²) >= 11 is 5.93. The number of carbonyl (C=O) groups is 3. The molecule has 1 saturated heterocycles. The lowest BCUT2D eigenvalue weighted by atomic mass is 9.76. The molecule has 2 fully saturated rings. The SMILES string of the molecule is C[C@@H]1CC[C@@H]2C(=O)N(N(Cc3ccccc3[N+](=O)[O-])C(=O)c3ccc(Cl)cc3)C(=O)[C@@H]2C1. The molecule has 166 valence electrons. The van der Waals surface area contributed by atoms with Crippen LogP contribution in [-0.2, 0) is 16.1 Å². The Morgan fingerprint density at radius 3 is 2.44 bits per heavy atom. The van der Waals surface area contributed by atoms with E-state index in [0.29, 0.717) is 23.8 Å². The van der Waals surface area contributed by atoms with Crippen LogP contribution in [0.1, 0.15) is 42.1 Å². The fourth-order valence-corrected chi connectivity index (χ4v) is 4.69. The van der Waals surface area contributed by atoms with Crippen molar-refractivity contribution in [2.75, 3.05) is 0 Å². The average Bonchev–Trinajstić information content (AvgIpc) is 3.01. The van der Waals surface area contributed by atoms with Gasteiger partial charge in [0.25, 0.3) is 23.4 Å². The summed E-state index contributed by atoms with van der Waals surface area (Å²) in [4.78, 5) is 51.0. The van der Waals surface area contributed by atoms with Gasteiger partial charge in [0.1, 0.15) is 0 Å². The number of halogens is 1. The first-order valence-corrected chi connectivity index (χ1v) is 10.8. The molecule has 1 heterocycles. The topological polar surface area (TPSA) is 101 Å². The molecule has 1 saturated carbocycles. The molecule has 4 rings (SSSR count). The van der Waals surface area contributed by atoms with E-state index in [4.69, 9.17) is 11.6 Å². The number of hydrogen-bond donors (Lipinski definition) is 0. The van der Waals surface area contributed by atoms with Crippen LogP contribution in [0.4, 0.5) is 5.69 Å². The maximum Gasteiger partial charge on any atom is 0.274 e.